The number of aryl methyl sites for hydroxylation is 1. The lowest BCUT2D eigenvalue weighted by atomic mass is 9.95. The fraction of sp³-hybridized carbons (Fsp3) is 0.286. The Hall–Kier alpha value is -3.24. The summed E-state index contributed by atoms with van der Waals surface area (Å²) in [7, 11) is 0. The Morgan fingerprint density at radius 3 is 2.79 bits per heavy atom. The van der Waals surface area contributed by atoms with Gasteiger partial charge in [-0.15, -0.1) is 0 Å². The summed E-state index contributed by atoms with van der Waals surface area (Å²) in [5.74, 6) is 0.970. The van der Waals surface area contributed by atoms with Crippen LogP contribution in [0.1, 0.15) is 24.1 Å². The van der Waals surface area contributed by atoms with E-state index in [1.54, 1.807) is 12.1 Å². The Morgan fingerprint density at radius 2 is 2.14 bits per heavy atom. The Kier molecular flexibility index (Phi) is 5.28. The molecule has 7 nitrogen and oxygen atoms in total. The first kappa shape index (κ1) is 19.1. The number of rotatable bonds is 4. The summed E-state index contributed by atoms with van der Waals surface area (Å²) in [4.78, 5) is 18.8. The van der Waals surface area contributed by atoms with E-state index >= 15 is 0 Å². The molecule has 0 aliphatic carbocycles. The lowest BCUT2D eigenvalue weighted by Crippen LogP contribution is -2.38. The van der Waals surface area contributed by atoms with E-state index in [-0.39, 0.29) is 23.4 Å². The van der Waals surface area contributed by atoms with Gasteiger partial charge in [0.1, 0.15) is 6.07 Å². The van der Waals surface area contributed by atoms with Crippen molar-refractivity contribution in [2.45, 2.75) is 19.8 Å². The zero-order valence-corrected chi connectivity index (χ0v) is 16.6. The van der Waals surface area contributed by atoms with Crippen molar-refractivity contribution in [1.82, 2.24) is 4.98 Å². The van der Waals surface area contributed by atoms with Crippen LogP contribution < -0.4 is 10.2 Å². The monoisotopic (exact) mass is 410 g/mol. The number of nitrogens with one attached hydrogen (secondary N) is 1. The van der Waals surface area contributed by atoms with Crippen LogP contribution in [0.2, 0.25) is 5.02 Å². The molecule has 8 heteroatoms. The molecule has 2 aromatic heterocycles. The molecule has 3 aromatic rings. The first-order chi connectivity index (χ1) is 14.0. The van der Waals surface area contributed by atoms with Gasteiger partial charge in [-0.1, -0.05) is 17.7 Å². The standard InChI is InChI=1S/C21H19ClN4O3/c1-13-4-5-16(15(22)11-13)24-19(27)14-6-8-26(9-7-14)21-17(12-23)25-20(29-21)18-3-2-10-28-18/h2-5,10-11,14H,6-9H2,1H3,(H,24,27). The molecule has 0 saturated carbocycles. The highest BCUT2D eigenvalue weighted by molar-refractivity contribution is 6.33. The van der Waals surface area contributed by atoms with Gasteiger partial charge in [-0.25, -0.2) is 0 Å². The minimum absolute atomic E-state index is 0.0512. The summed E-state index contributed by atoms with van der Waals surface area (Å²) in [5.41, 5.74) is 1.87. The van der Waals surface area contributed by atoms with E-state index in [0.717, 1.165) is 5.56 Å². The molecule has 1 saturated heterocycles. The smallest absolute Gasteiger partial charge is 0.266 e. The molecule has 1 aromatic carbocycles. The fourth-order valence-electron chi connectivity index (χ4n) is 3.41. The first-order valence-electron chi connectivity index (χ1n) is 9.32. The van der Waals surface area contributed by atoms with Crippen molar-refractivity contribution in [1.29, 1.82) is 5.26 Å². The Labute approximate surface area is 172 Å². The number of nitriles is 1. The minimum atomic E-state index is -0.137. The van der Waals surface area contributed by atoms with Gasteiger partial charge < -0.3 is 19.1 Å². The molecule has 1 N–H and O–H groups in total. The van der Waals surface area contributed by atoms with Crippen molar-refractivity contribution >= 4 is 29.1 Å². The quantitative estimate of drug-likeness (QED) is 0.674. The van der Waals surface area contributed by atoms with Gasteiger partial charge in [-0.2, -0.15) is 10.2 Å². The molecular weight excluding hydrogens is 392 g/mol. The number of aromatic nitrogens is 1. The molecule has 1 fully saturated rings. The van der Waals surface area contributed by atoms with Gasteiger partial charge in [-0.05, 0) is 49.6 Å². The number of halogens is 1. The molecule has 3 heterocycles. The van der Waals surface area contributed by atoms with Crippen LogP contribution in [-0.4, -0.2) is 24.0 Å². The molecular formula is C21H19ClN4O3. The van der Waals surface area contributed by atoms with Crippen LogP contribution in [0.3, 0.4) is 0 Å². The third-order valence-corrected chi connectivity index (χ3v) is 5.30. The van der Waals surface area contributed by atoms with E-state index in [1.165, 1.54) is 6.26 Å². The SMILES string of the molecule is Cc1ccc(NC(=O)C2CCN(c3oc(-c4ccco4)nc3C#N)CC2)c(Cl)c1. The Bertz CT molecular complexity index is 1060. The zero-order valence-electron chi connectivity index (χ0n) is 15.8. The molecule has 0 radical (unpaired) electrons. The summed E-state index contributed by atoms with van der Waals surface area (Å²) in [5, 5.41) is 12.8. The van der Waals surface area contributed by atoms with E-state index in [4.69, 9.17) is 20.4 Å². The van der Waals surface area contributed by atoms with Crippen LogP contribution in [0.25, 0.3) is 11.7 Å². The summed E-state index contributed by atoms with van der Waals surface area (Å²) in [6, 6.07) is 11.1. The number of hydrogen-bond acceptors (Lipinski definition) is 6. The van der Waals surface area contributed by atoms with Crippen LogP contribution in [0, 0.1) is 24.2 Å². The normalized spacial score (nSPS) is 14.6. The summed E-state index contributed by atoms with van der Waals surface area (Å²) in [6.07, 6.45) is 2.80. The maximum absolute atomic E-state index is 12.6. The predicted octanol–water partition coefficient (Wildman–Crippen LogP) is 4.62. The van der Waals surface area contributed by atoms with Crippen molar-refractivity contribution < 1.29 is 13.6 Å². The summed E-state index contributed by atoms with van der Waals surface area (Å²) in [6.45, 7) is 3.12. The lowest BCUT2D eigenvalue weighted by molar-refractivity contribution is -0.120. The Morgan fingerprint density at radius 1 is 1.34 bits per heavy atom. The molecule has 0 atom stereocenters. The van der Waals surface area contributed by atoms with Crippen molar-refractivity contribution in [2.24, 2.45) is 5.92 Å². The molecule has 0 spiro atoms. The number of nitrogens with zero attached hydrogens (tertiary/aromatic N) is 3. The molecule has 0 unspecified atom stereocenters. The highest BCUT2D eigenvalue weighted by Crippen LogP contribution is 2.32. The third kappa shape index (κ3) is 3.98. The van der Waals surface area contributed by atoms with Gasteiger partial charge in [0.25, 0.3) is 5.89 Å². The number of carbonyl (C=O) groups is 1. The third-order valence-electron chi connectivity index (χ3n) is 4.98. The number of anilines is 2. The second kappa shape index (κ2) is 8.02. The van der Waals surface area contributed by atoms with E-state index in [1.807, 2.05) is 30.0 Å². The molecule has 4 rings (SSSR count). The second-order valence-electron chi connectivity index (χ2n) is 7.00. The van der Waals surface area contributed by atoms with Crippen molar-refractivity contribution in [2.75, 3.05) is 23.3 Å². The van der Waals surface area contributed by atoms with Crippen LogP contribution in [0.4, 0.5) is 11.6 Å². The number of hydrogen-bond donors (Lipinski definition) is 1. The Balaban J connectivity index is 1.42. The average molecular weight is 411 g/mol. The van der Waals surface area contributed by atoms with Gasteiger partial charge in [0, 0.05) is 19.0 Å². The van der Waals surface area contributed by atoms with Crippen molar-refractivity contribution in [3.63, 3.8) is 0 Å². The van der Waals surface area contributed by atoms with Gasteiger partial charge in [-0.3, -0.25) is 4.79 Å². The van der Waals surface area contributed by atoms with Crippen LogP contribution in [0.15, 0.2) is 45.4 Å². The van der Waals surface area contributed by atoms with Crippen molar-refractivity contribution in [3.05, 3.63) is 52.9 Å². The number of carbonyl (C=O) groups excluding carboxylic acids is 1. The maximum Gasteiger partial charge on any atom is 0.266 e. The van der Waals surface area contributed by atoms with Crippen LogP contribution in [0.5, 0.6) is 0 Å². The van der Waals surface area contributed by atoms with E-state index in [2.05, 4.69) is 16.4 Å². The highest BCUT2D eigenvalue weighted by atomic mass is 35.5. The van der Waals surface area contributed by atoms with Gasteiger partial charge in [0.05, 0.1) is 17.0 Å². The average Bonchev–Trinajstić information content (AvgIpc) is 3.39. The van der Waals surface area contributed by atoms with Gasteiger partial charge in [0.2, 0.25) is 17.5 Å². The summed E-state index contributed by atoms with van der Waals surface area (Å²) < 4.78 is 11.1. The number of oxazole rings is 1. The zero-order chi connectivity index (χ0) is 20.4. The van der Waals surface area contributed by atoms with Crippen LogP contribution in [-0.2, 0) is 4.79 Å². The van der Waals surface area contributed by atoms with E-state index in [9.17, 15) is 10.1 Å². The van der Waals surface area contributed by atoms with E-state index in [0.29, 0.717) is 48.3 Å². The maximum atomic E-state index is 12.6. The van der Waals surface area contributed by atoms with Gasteiger partial charge >= 0.3 is 0 Å². The summed E-state index contributed by atoms with van der Waals surface area (Å²) >= 11 is 6.21. The van der Waals surface area contributed by atoms with Crippen LogP contribution >= 0.6 is 11.6 Å². The lowest BCUT2D eigenvalue weighted by Gasteiger charge is -2.31. The van der Waals surface area contributed by atoms with E-state index < -0.39 is 0 Å². The minimum Gasteiger partial charge on any atom is -0.459 e. The molecule has 1 aliphatic heterocycles. The largest absolute Gasteiger partial charge is 0.459 e. The second-order valence-corrected chi connectivity index (χ2v) is 7.40. The predicted molar refractivity (Wildman–Crippen MR) is 109 cm³/mol. The van der Waals surface area contributed by atoms with Gasteiger partial charge in [0.15, 0.2) is 5.76 Å². The molecule has 148 valence electrons. The molecule has 29 heavy (non-hydrogen) atoms. The molecule has 0 bridgehead atoms. The fourth-order valence-corrected chi connectivity index (χ4v) is 3.69. The molecule has 1 amide bonds. The topological polar surface area (TPSA) is 95.3 Å². The highest BCUT2D eigenvalue weighted by Gasteiger charge is 2.29. The number of benzene rings is 1. The molecule has 1 aliphatic rings. The van der Waals surface area contributed by atoms with Crippen molar-refractivity contribution in [3.8, 4) is 17.7 Å². The number of amides is 1. The number of piperidine rings is 1. The number of furan rings is 1. The first-order valence-corrected chi connectivity index (χ1v) is 9.69.